The first-order chi connectivity index (χ1) is 28.4. The van der Waals surface area contributed by atoms with Gasteiger partial charge in [-0.2, -0.15) is 0 Å². The zero-order valence-corrected chi connectivity index (χ0v) is 43.3. The Hall–Kier alpha value is -3.07. The van der Waals surface area contributed by atoms with Crippen LogP contribution in [0, 0.1) is 0 Å². The summed E-state index contributed by atoms with van der Waals surface area (Å²) < 4.78 is 60.5. The molecule has 5 aromatic heterocycles. The van der Waals surface area contributed by atoms with Gasteiger partial charge in [0.1, 0.15) is 62.0 Å². The summed E-state index contributed by atoms with van der Waals surface area (Å²) in [6.45, 7) is 16.1. The molecule has 0 N–H and O–H groups in total. The number of rotatable bonds is 20. The fraction of sp³-hybridized carbons (Fsp3) is 0.625. The van der Waals surface area contributed by atoms with Gasteiger partial charge in [0.25, 0.3) is 0 Å². The van der Waals surface area contributed by atoms with Gasteiger partial charge in [0.15, 0.2) is 0 Å². The van der Waals surface area contributed by atoms with Gasteiger partial charge in [0, 0.05) is 0 Å². The van der Waals surface area contributed by atoms with E-state index in [4.69, 9.17) is 20.6 Å². The zero-order chi connectivity index (χ0) is 43.0. The SMILES string of the molecule is C[n+]1ccn(CCC[Si]2(C)O[Si](C)(CCCn3cc[n+](C)c3)O[Si](C)(CCCn3cc[n+](C)c3)O[Si](C)(CCCn3cc[n+](C)c3)O[Si](C)(CCCn3cc[n+](C)c3)O2)c1. The van der Waals surface area contributed by atoms with Gasteiger partial charge in [0.05, 0.1) is 68.0 Å². The molecular formula is C40H75N10O5Si5+5. The lowest BCUT2D eigenvalue weighted by atomic mass is 10.5. The Morgan fingerprint density at radius 2 is 0.483 bits per heavy atom. The molecule has 6 rings (SSSR count). The van der Waals surface area contributed by atoms with Crippen LogP contribution in [-0.4, -0.2) is 65.6 Å². The fourth-order valence-corrected chi connectivity index (χ4v) is 38.0. The van der Waals surface area contributed by atoms with Gasteiger partial charge in [-0.3, -0.25) is 0 Å². The molecule has 0 saturated carbocycles. The predicted octanol–water partition coefficient (Wildman–Crippen LogP) is 4.02. The van der Waals surface area contributed by atoms with Crippen LogP contribution >= 0.6 is 0 Å². The second-order valence-corrected chi connectivity index (χ2v) is 36.2. The van der Waals surface area contributed by atoms with Crippen molar-refractivity contribution in [1.29, 1.82) is 0 Å². The van der Waals surface area contributed by atoms with Gasteiger partial charge in [0.2, 0.25) is 31.6 Å². The molecule has 0 spiro atoms. The van der Waals surface area contributed by atoms with Crippen molar-refractivity contribution in [2.24, 2.45) is 35.2 Å². The number of aromatic nitrogens is 10. The van der Waals surface area contributed by atoms with Crippen LogP contribution in [0.3, 0.4) is 0 Å². The van der Waals surface area contributed by atoms with Gasteiger partial charge in [-0.15, -0.1) is 0 Å². The lowest BCUT2D eigenvalue weighted by molar-refractivity contribution is -0.671. The molecule has 20 heteroatoms. The Labute approximate surface area is 364 Å². The molecule has 5 aromatic rings. The Morgan fingerprint density at radius 3 is 0.617 bits per heavy atom. The molecule has 0 radical (unpaired) electrons. The third-order valence-corrected chi connectivity index (χ3v) is 35.1. The van der Waals surface area contributed by atoms with E-state index in [1.54, 1.807) is 0 Å². The molecule has 1 aliphatic rings. The van der Waals surface area contributed by atoms with Gasteiger partial charge in [-0.25, -0.2) is 45.7 Å². The molecule has 1 saturated heterocycles. The van der Waals surface area contributed by atoms with E-state index >= 15 is 0 Å². The topological polar surface area (TPSA) is 90.2 Å². The van der Waals surface area contributed by atoms with Gasteiger partial charge in [-0.05, 0) is 95.1 Å². The van der Waals surface area contributed by atoms with Crippen LogP contribution in [0.25, 0.3) is 0 Å². The third kappa shape index (κ3) is 14.0. The first-order valence-electron chi connectivity index (χ1n) is 22.0. The van der Waals surface area contributed by atoms with Crippen LogP contribution in [0.15, 0.2) is 93.6 Å². The van der Waals surface area contributed by atoms with E-state index in [1.807, 2.05) is 0 Å². The molecule has 0 amide bonds. The normalized spacial score (nSPS) is 26.5. The van der Waals surface area contributed by atoms with Gasteiger partial charge >= 0.3 is 42.8 Å². The summed E-state index contributed by atoms with van der Waals surface area (Å²) in [4.78, 5) is 0. The summed E-state index contributed by atoms with van der Waals surface area (Å²) in [6.07, 6.45) is 36.8. The van der Waals surface area contributed by atoms with Crippen molar-refractivity contribution in [3.8, 4) is 0 Å². The maximum absolute atomic E-state index is 7.73. The molecule has 0 bridgehead atoms. The second-order valence-electron chi connectivity index (χ2n) is 18.3. The van der Waals surface area contributed by atoms with E-state index in [0.29, 0.717) is 0 Å². The number of aryl methyl sites for hydroxylation is 10. The minimum absolute atomic E-state index is 0.861. The van der Waals surface area contributed by atoms with E-state index in [9.17, 15) is 0 Å². The molecule has 60 heavy (non-hydrogen) atoms. The summed E-state index contributed by atoms with van der Waals surface area (Å²) >= 11 is 0. The highest BCUT2D eigenvalue weighted by atomic mass is 28.5. The average Bonchev–Trinajstić information content (AvgIpc) is 4.00. The maximum Gasteiger partial charge on any atom is 0.317 e. The summed E-state index contributed by atoms with van der Waals surface area (Å²) in [6, 6.07) is 4.31. The Balaban J connectivity index is 1.35. The van der Waals surface area contributed by atoms with Crippen molar-refractivity contribution in [2.75, 3.05) is 0 Å². The molecule has 0 aromatic carbocycles. The summed E-state index contributed by atoms with van der Waals surface area (Å²) in [7, 11) is -4.24. The van der Waals surface area contributed by atoms with E-state index < -0.39 is 42.8 Å². The van der Waals surface area contributed by atoms with E-state index in [0.717, 1.165) is 95.0 Å². The number of hydrogen-bond donors (Lipinski definition) is 0. The largest absolute Gasteiger partial charge is 0.416 e. The second kappa shape index (κ2) is 20.0. The van der Waals surface area contributed by atoms with Crippen molar-refractivity contribution in [1.82, 2.24) is 22.8 Å². The van der Waals surface area contributed by atoms with Crippen molar-refractivity contribution < 1.29 is 43.4 Å². The molecule has 0 unspecified atom stereocenters. The summed E-state index contributed by atoms with van der Waals surface area (Å²) in [5.74, 6) is 0. The van der Waals surface area contributed by atoms with E-state index in [1.165, 1.54) is 0 Å². The Morgan fingerprint density at radius 1 is 0.317 bits per heavy atom. The highest BCUT2D eigenvalue weighted by Gasteiger charge is 2.57. The molecular weight excluding hydrogens is 841 g/mol. The van der Waals surface area contributed by atoms with Crippen molar-refractivity contribution in [2.45, 2.75) is 128 Å². The maximum atomic E-state index is 7.73. The summed E-state index contributed by atoms with van der Waals surface area (Å²) in [5, 5.41) is 0. The van der Waals surface area contributed by atoms with Crippen LogP contribution in [0.2, 0.25) is 63.0 Å². The van der Waals surface area contributed by atoms with Crippen LogP contribution in [0.1, 0.15) is 32.1 Å². The average molecular weight is 917 g/mol. The summed E-state index contributed by atoms with van der Waals surface area (Å²) in [5.41, 5.74) is 0. The highest BCUT2D eigenvalue weighted by Crippen LogP contribution is 2.39. The van der Waals surface area contributed by atoms with E-state index in [-0.39, 0.29) is 0 Å². The van der Waals surface area contributed by atoms with Crippen LogP contribution in [0.5, 0.6) is 0 Å². The van der Waals surface area contributed by atoms with Gasteiger partial charge in [-0.1, -0.05) is 0 Å². The number of imidazole rings is 5. The van der Waals surface area contributed by atoms with E-state index in [2.05, 4.69) is 207 Å². The standard InChI is InChI=1S/C40H75N10O5Si5/c1-41-21-26-46(36-41)16-11-31-56(6)51-57(7,32-12-17-47-27-22-42(2)37-47)53-59(9,34-14-19-49-29-24-44(4)39-49)55-60(10,35-15-20-50-30-25-45(5)40-50)54-58(8,52-56)33-13-18-48-28-23-43(3)38-48/h21-30,36-40H,11-20,31-35H2,1-10H3/q+5. The third-order valence-electron chi connectivity index (χ3n) is 11.5. The number of nitrogens with zero attached hydrogens (tertiary/aromatic N) is 10. The molecule has 330 valence electrons. The lowest BCUT2D eigenvalue weighted by Crippen LogP contribution is -2.67. The first kappa shape index (κ1) is 46.4. The molecule has 0 aliphatic carbocycles. The van der Waals surface area contributed by atoms with Crippen LogP contribution in [0.4, 0.5) is 0 Å². The van der Waals surface area contributed by atoms with Crippen LogP contribution < -0.4 is 22.8 Å². The fourth-order valence-electron chi connectivity index (χ4n) is 8.98. The lowest BCUT2D eigenvalue weighted by Gasteiger charge is -2.50. The zero-order valence-electron chi connectivity index (χ0n) is 38.3. The van der Waals surface area contributed by atoms with Crippen molar-refractivity contribution in [3.63, 3.8) is 0 Å². The van der Waals surface area contributed by atoms with Crippen LogP contribution in [-0.2, 0) is 88.5 Å². The van der Waals surface area contributed by atoms with Crippen molar-refractivity contribution in [3.05, 3.63) is 93.6 Å². The monoisotopic (exact) mass is 915 g/mol. The molecule has 1 aliphatic heterocycles. The van der Waals surface area contributed by atoms with Gasteiger partial charge < -0.3 is 20.6 Å². The Bertz CT molecular complexity index is 1750. The van der Waals surface area contributed by atoms with Crippen molar-refractivity contribution >= 4 is 42.8 Å². The predicted molar refractivity (Wildman–Crippen MR) is 239 cm³/mol. The minimum Gasteiger partial charge on any atom is -0.416 e. The Kier molecular flexibility index (Phi) is 15.5. The molecule has 1 fully saturated rings. The molecule has 6 heterocycles. The quantitative estimate of drug-likeness (QED) is 0.0871. The smallest absolute Gasteiger partial charge is 0.317 e. The molecule has 0 atom stereocenters. The molecule has 15 nitrogen and oxygen atoms in total. The first-order valence-corrected chi connectivity index (χ1v) is 34.6. The minimum atomic E-state index is -2.92. The number of hydrogen-bond acceptors (Lipinski definition) is 5. The highest BCUT2D eigenvalue weighted by molar-refractivity contribution is 6.94.